The van der Waals surface area contributed by atoms with Crippen molar-refractivity contribution in [3.05, 3.63) is 53.3 Å². The van der Waals surface area contributed by atoms with Crippen molar-refractivity contribution in [3.8, 4) is 0 Å². The molecule has 0 saturated carbocycles. The third kappa shape index (κ3) is 2.88. The third-order valence-electron chi connectivity index (χ3n) is 2.84. The number of benzene rings is 1. The first-order valence-electron chi connectivity index (χ1n) is 5.93. The van der Waals surface area contributed by atoms with Crippen LogP contribution in [0.1, 0.15) is 27.7 Å². The molecular weight excluding hydrogens is 242 g/mol. The van der Waals surface area contributed by atoms with Crippen molar-refractivity contribution in [1.82, 2.24) is 15.1 Å². The van der Waals surface area contributed by atoms with Crippen LogP contribution in [0.25, 0.3) is 0 Å². The van der Waals surface area contributed by atoms with E-state index < -0.39 is 6.04 Å². The molecule has 0 fully saturated rings. The minimum absolute atomic E-state index is 0.299. The van der Waals surface area contributed by atoms with Gasteiger partial charge in [0.1, 0.15) is 12.3 Å². The van der Waals surface area contributed by atoms with E-state index >= 15 is 0 Å². The standard InChI is InChI=1S/C14H15N3O2/c1-10-12(8-17(2)16-10)14(19)15-13(9-18)11-6-4-3-5-7-11/h3-9,13H,1-2H3,(H,15,19). The van der Waals surface area contributed by atoms with Crippen LogP contribution in [0.4, 0.5) is 0 Å². The van der Waals surface area contributed by atoms with Gasteiger partial charge in [0.15, 0.2) is 0 Å². The smallest absolute Gasteiger partial charge is 0.255 e. The molecule has 1 unspecified atom stereocenters. The maximum Gasteiger partial charge on any atom is 0.255 e. The number of carbonyl (C=O) groups excluding carboxylic acids is 2. The zero-order valence-corrected chi connectivity index (χ0v) is 10.8. The van der Waals surface area contributed by atoms with Crippen LogP contribution in [0.3, 0.4) is 0 Å². The van der Waals surface area contributed by atoms with Crippen molar-refractivity contribution < 1.29 is 9.59 Å². The summed E-state index contributed by atoms with van der Waals surface area (Å²) in [7, 11) is 1.75. The van der Waals surface area contributed by atoms with Gasteiger partial charge in [-0.25, -0.2) is 0 Å². The van der Waals surface area contributed by atoms with Gasteiger partial charge in [-0.15, -0.1) is 0 Å². The molecule has 1 heterocycles. The molecule has 1 amide bonds. The summed E-state index contributed by atoms with van der Waals surface area (Å²) in [6, 6.07) is 8.47. The molecule has 5 nitrogen and oxygen atoms in total. The van der Waals surface area contributed by atoms with Crippen LogP contribution in [-0.2, 0) is 11.8 Å². The molecule has 2 rings (SSSR count). The molecule has 19 heavy (non-hydrogen) atoms. The molecule has 98 valence electrons. The summed E-state index contributed by atoms with van der Waals surface area (Å²) < 4.78 is 1.57. The van der Waals surface area contributed by atoms with E-state index in [1.54, 1.807) is 37.0 Å². The van der Waals surface area contributed by atoms with Gasteiger partial charge in [0.25, 0.3) is 5.91 Å². The van der Waals surface area contributed by atoms with Gasteiger partial charge in [0, 0.05) is 13.2 Å². The van der Waals surface area contributed by atoms with Crippen molar-refractivity contribution in [2.45, 2.75) is 13.0 Å². The fourth-order valence-electron chi connectivity index (χ4n) is 1.90. The lowest BCUT2D eigenvalue weighted by atomic mass is 10.1. The quantitative estimate of drug-likeness (QED) is 0.842. The van der Waals surface area contributed by atoms with E-state index in [9.17, 15) is 9.59 Å². The number of aldehydes is 1. The Morgan fingerprint density at radius 1 is 1.37 bits per heavy atom. The molecule has 0 aliphatic carbocycles. The number of carbonyl (C=O) groups is 2. The molecule has 0 radical (unpaired) electrons. The van der Waals surface area contributed by atoms with Crippen LogP contribution in [0.2, 0.25) is 0 Å². The molecule has 0 spiro atoms. The maximum atomic E-state index is 12.1. The highest BCUT2D eigenvalue weighted by molar-refractivity contribution is 5.96. The van der Waals surface area contributed by atoms with E-state index in [0.29, 0.717) is 11.3 Å². The van der Waals surface area contributed by atoms with Gasteiger partial charge in [0.05, 0.1) is 11.3 Å². The van der Waals surface area contributed by atoms with E-state index in [4.69, 9.17) is 0 Å². The summed E-state index contributed by atoms with van der Waals surface area (Å²) in [4.78, 5) is 23.2. The van der Waals surface area contributed by atoms with E-state index in [1.807, 2.05) is 18.2 Å². The fourth-order valence-corrected chi connectivity index (χ4v) is 1.90. The maximum absolute atomic E-state index is 12.1. The van der Waals surface area contributed by atoms with E-state index in [0.717, 1.165) is 11.8 Å². The van der Waals surface area contributed by atoms with Crippen LogP contribution in [0, 0.1) is 6.92 Å². The lowest BCUT2D eigenvalue weighted by molar-refractivity contribution is -0.109. The van der Waals surface area contributed by atoms with Crippen LogP contribution >= 0.6 is 0 Å². The van der Waals surface area contributed by atoms with Gasteiger partial charge in [-0.1, -0.05) is 30.3 Å². The summed E-state index contributed by atoms with van der Waals surface area (Å²) in [5, 5.41) is 6.80. The van der Waals surface area contributed by atoms with Crippen LogP contribution in [0.15, 0.2) is 36.5 Å². The van der Waals surface area contributed by atoms with Crippen molar-refractivity contribution in [3.63, 3.8) is 0 Å². The molecule has 0 aliphatic heterocycles. The van der Waals surface area contributed by atoms with Crippen molar-refractivity contribution >= 4 is 12.2 Å². The first-order chi connectivity index (χ1) is 9.11. The van der Waals surface area contributed by atoms with Gasteiger partial charge in [-0.05, 0) is 12.5 Å². The van der Waals surface area contributed by atoms with Crippen LogP contribution in [-0.4, -0.2) is 22.0 Å². The van der Waals surface area contributed by atoms with Gasteiger partial charge in [-0.2, -0.15) is 5.10 Å². The molecular formula is C14H15N3O2. The monoisotopic (exact) mass is 257 g/mol. The lowest BCUT2D eigenvalue weighted by Crippen LogP contribution is -2.29. The normalized spacial score (nSPS) is 11.9. The minimum atomic E-state index is -0.645. The Kier molecular flexibility index (Phi) is 3.75. The molecule has 0 aliphatic rings. The second-order valence-corrected chi connectivity index (χ2v) is 4.30. The van der Waals surface area contributed by atoms with E-state index in [-0.39, 0.29) is 5.91 Å². The molecule has 1 aromatic carbocycles. The Morgan fingerprint density at radius 2 is 2.05 bits per heavy atom. The lowest BCUT2D eigenvalue weighted by Gasteiger charge is -2.12. The van der Waals surface area contributed by atoms with Gasteiger partial charge >= 0.3 is 0 Å². The molecule has 5 heteroatoms. The fraction of sp³-hybridized carbons (Fsp3) is 0.214. The van der Waals surface area contributed by atoms with Crippen molar-refractivity contribution in [2.24, 2.45) is 7.05 Å². The Morgan fingerprint density at radius 3 is 2.58 bits per heavy atom. The van der Waals surface area contributed by atoms with Gasteiger partial charge < -0.3 is 10.1 Å². The number of rotatable bonds is 4. The topological polar surface area (TPSA) is 64.0 Å². The summed E-state index contributed by atoms with van der Waals surface area (Å²) in [5.41, 5.74) is 1.87. The largest absolute Gasteiger partial charge is 0.338 e. The van der Waals surface area contributed by atoms with Gasteiger partial charge in [-0.3, -0.25) is 9.48 Å². The van der Waals surface area contributed by atoms with Crippen LogP contribution < -0.4 is 5.32 Å². The van der Waals surface area contributed by atoms with E-state index in [2.05, 4.69) is 10.4 Å². The first-order valence-corrected chi connectivity index (χ1v) is 5.93. The molecule has 0 saturated heterocycles. The summed E-state index contributed by atoms with van der Waals surface area (Å²) in [6.45, 7) is 1.76. The zero-order chi connectivity index (χ0) is 13.8. The average Bonchev–Trinajstić information content (AvgIpc) is 2.76. The average molecular weight is 257 g/mol. The molecule has 1 atom stereocenters. The predicted molar refractivity (Wildman–Crippen MR) is 70.7 cm³/mol. The third-order valence-corrected chi connectivity index (χ3v) is 2.84. The van der Waals surface area contributed by atoms with Crippen LogP contribution in [0.5, 0.6) is 0 Å². The predicted octanol–water partition coefficient (Wildman–Crippen LogP) is 1.40. The highest BCUT2D eigenvalue weighted by Crippen LogP contribution is 2.12. The summed E-state index contributed by atoms with van der Waals surface area (Å²) >= 11 is 0. The number of amides is 1. The first kappa shape index (κ1) is 13.0. The Hall–Kier alpha value is -2.43. The summed E-state index contributed by atoms with van der Waals surface area (Å²) in [6.07, 6.45) is 2.36. The number of nitrogens with zero attached hydrogens (tertiary/aromatic N) is 2. The SMILES string of the molecule is Cc1nn(C)cc1C(=O)NC(C=O)c1ccccc1. The number of aryl methyl sites for hydroxylation is 2. The van der Waals surface area contributed by atoms with Crippen molar-refractivity contribution in [1.29, 1.82) is 0 Å². The number of hydrogen-bond donors (Lipinski definition) is 1. The molecule has 2 aromatic rings. The Bertz CT molecular complexity index is 590. The van der Waals surface area contributed by atoms with E-state index in [1.165, 1.54) is 0 Å². The molecule has 1 aromatic heterocycles. The second kappa shape index (κ2) is 5.48. The van der Waals surface area contributed by atoms with Gasteiger partial charge in [0.2, 0.25) is 0 Å². The summed E-state index contributed by atoms with van der Waals surface area (Å²) in [5.74, 6) is -0.299. The number of aromatic nitrogens is 2. The number of hydrogen-bond acceptors (Lipinski definition) is 3. The highest BCUT2D eigenvalue weighted by Gasteiger charge is 2.17. The molecule has 1 N–H and O–H groups in total. The Balaban J connectivity index is 2.17. The second-order valence-electron chi connectivity index (χ2n) is 4.30. The minimum Gasteiger partial charge on any atom is -0.338 e. The highest BCUT2D eigenvalue weighted by atomic mass is 16.2. The number of nitrogens with one attached hydrogen (secondary N) is 1. The van der Waals surface area contributed by atoms with Crippen molar-refractivity contribution in [2.75, 3.05) is 0 Å². The molecule has 0 bridgehead atoms. The Labute approximate surface area is 111 Å². The zero-order valence-electron chi connectivity index (χ0n) is 10.8.